The zero-order valence-electron chi connectivity index (χ0n) is 21.9. The summed E-state index contributed by atoms with van der Waals surface area (Å²) < 4.78 is 12.8. The van der Waals surface area contributed by atoms with Gasteiger partial charge in [-0.1, -0.05) is 12.1 Å². The molecule has 1 N–H and O–H groups in total. The van der Waals surface area contributed by atoms with Crippen molar-refractivity contribution in [3.05, 3.63) is 70.3 Å². The Balaban J connectivity index is 1.56. The van der Waals surface area contributed by atoms with Gasteiger partial charge in [-0.25, -0.2) is 4.68 Å². The Hall–Kier alpha value is -3.92. The summed E-state index contributed by atoms with van der Waals surface area (Å²) in [5.74, 6) is 2.22. The molecule has 1 aliphatic heterocycles. The lowest BCUT2D eigenvalue weighted by Crippen LogP contribution is -2.49. The number of pyridine rings is 1. The predicted octanol–water partition coefficient (Wildman–Crippen LogP) is 3.20. The third kappa shape index (κ3) is 4.76. The first-order chi connectivity index (χ1) is 17.8. The largest absolute Gasteiger partial charge is 0.497 e. The number of methoxy groups -OCH3 is 2. The highest BCUT2D eigenvalue weighted by Gasteiger charge is 2.35. The first-order valence-corrected chi connectivity index (χ1v) is 12.4. The van der Waals surface area contributed by atoms with Crippen molar-refractivity contribution >= 4 is 16.6 Å². The average molecular weight is 504 g/mol. The molecule has 5 rings (SSSR count). The molecule has 0 spiro atoms. The highest BCUT2D eigenvalue weighted by molar-refractivity contribution is 5.80. The lowest BCUT2D eigenvalue weighted by Gasteiger charge is -2.40. The smallest absolute Gasteiger partial charge is 0.253 e. The van der Waals surface area contributed by atoms with Crippen LogP contribution >= 0.6 is 0 Å². The number of fused-ring (bicyclic) bond motifs is 1. The number of nitrogens with one attached hydrogen (secondary N) is 1. The Bertz CT molecular complexity index is 1450. The molecule has 3 heterocycles. The van der Waals surface area contributed by atoms with Crippen LogP contribution in [0.3, 0.4) is 0 Å². The molecule has 0 saturated carbocycles. The van der Waals surface area contributed by atoms with E-state index >= 15 is 0 Å². The van der Waals surface area contributed by atoms with Gasteiger partial charge in [-0.05, 0) is 67.6 Å². The van der Waals surface area contributed by atoms with E-state index in [4.69, 9.17) is 9.47 Å². The number of rotatable bonds is 6. The second-order valence-corrected chi connectivity index (χ2v) is 10.2. The molecule has 0 aliphatic carbocycles. The van der Waals surface area contributed by atoms with Crippen molar-refractivity contribution in [2.75, 3.05) is 45.3 Å². The number of anilines is 1. The van der Waals surface area contributed by atoms with E-state index in [-0.39, 0.29) is 11.1 Å². The average Bonchev–Trinajstić information content (AvgIpc) is 3.39. The molecule has 10 heteroatoms. The van der Waals surface area contributed by atoms with Crippen molar-refractivity contribution < 1.29 is 9.47 Å². The van der Waals surface area contributed by atoms with Crippen LogP contribution in [0.5, 0.6) is 11.5 Å². The number of nitrogens with zero attached hydrogens (tertiary/aromatic N) is 6. The summed E-state index contributed by atoms with van der Waals surface area (Å²) in [6.07, 6.45) is 0. The first-order valence-electron chi connectivity index (χ1n) is 12.4. The third-order valence-corrected chi connectivity index (χ3v) is 6.85. The Labute approximate surface area is 215 Å². The van der Waals surface area contributed by atoms with Crippen molar-refractivity contribution in [3.8, 4) is 11.5 Å². The van der Waals surface area contributed by atoms with E-state index in [0.717, 1.165) is 54.3 Å². The minimum absolute atomic E-state index is 0.154. The van der Waals surface area contributed by atoms with Gasteiger partial charge in [-0.3, -0.25) is 9.69 Å². The quantitative estimate of drug-likeness (QED) is 0.428. The molecule has 1 atom stereocenters. The van der Waals surface area contributed by atoms with Crippen LogP contribution in [-0.4, -0.2) is 70.5 Å². The lowest BCUT2D eigenvalue weighted by molar-refractivity contribution is 0.190. The third-order valence-electron chi connectivity index (χ3n) is 6.85. The van der Waals surface area contributed by atoms with Crippen LogP contribution in [0, 0.1) is 0 Å². The Morgan fingerprint density at radius 1 is 0.973 bits per heavy atom. The number of para-hydroxylation sites is 2. The molecule has 4 aromatic rings. The number of hydrogen-bond donors (Lipinski definition) is 1. The summed E-state index contributed by atoms with van der Waals surface area (Å²) >= 11 is 0. The number of H-pyrrole nitrogens is 1. The predicted molar refractivity (Wildman–Crippen MR) is 143 cm³/mol. The van der Waals surface area contributed by atoms with Crippen LogP contribution < -0.4 is 19.9 Å². The Kier molecular flexibility index (Phi) is 6.59. The van der Waals surface area contributed by atoms with E-state index in [0.29, 0.717) is 11.4 Å². The molecule has 10 nitrogen and oxygen atoms in total. The van der Waals surface area contributed by atoms with Crippen molar-refractivity contribution in [2.24, 2.45) is 0 Å². The molecule has 2 aromatic heterocycles. The van der Waals surface area contributed by atoms with Crippen molar-refractivity contribution in [2.45, 2.75) is 32.4 Å². The van der Waals surface area contributed by atoms with Gasteiger partial charge in [0.05, 0.1) is 25.4 Å². The summed E-state index contributed by atoms with van der Waals surface area (Å²) in [5.41, 5.74) is 1.91. The van der Waals surface area contributed by atoms with E-state index in [1.54, 1.807) is 14.2 Å². The molecular formula is C27H33N7O3. The number of piperazine rings is 1. The number of tetrazole rings is 1. The molecule has 1 fully saturated rings. The summed E-state index contributed by atoms with van der Waals surface area (Å²) in [5, 5.41) is 13.6. The van der Waals surface area contributed by atoms with Gasteiger partial charge in [0.2, 0.25) is 0 Å². The van der Waals surface area contributed by atoms with Gasteiger partial charge < -0.3 is 19.4 Å². The fourth-order valence-electron chi connectivity index (χ4n) is 4.99. The summed E-state index contributed by atoms with van der Waals surface area (Å²) in [6.45, 7) is 9.14. The number of benzene rings is 2. The maximum atomic E-state index is 13.5. The fourth-order valence-corrected chi connectivity index (χ4v) is 4.99. The van der Waals surface area contributed by atoms with E-state index in [9.17, 15) is 4.79 Å². The second kappa shape index (κ2) is 9.85. The fraction of sp³-hybridized carbons (Fsp3) is 0.407. The molecule has 37 heavy (non-hydrogen) atoms. The molecule has 0 radical (unpaired) electrons. The zero-order valence-corrected chi connectivity index (χ0v) is 21.9. The topological polar surface area (TPSA) is 101 Å². The number of ether oxygens (including phenoxy) is 2. The van der Waals surface area contributed by atoms with Crippen molar-refractivity contribution in [1.82, 2.24) is 30.1 Å². The summed E-state index contributed by atoms with van der Waals surface area (Å²) in [4.78, 5) is 21.1. The number of hydrogen-bond acceptors (Lipinski definition) is 8. The minimum atomic E-state index is -0.423. The molecular weight excluding hydrogens is 470 g/mol. The zero-order chi connectivity index (χ0) is 26.2. The van der Waals surface area contributed by atoms with E-state index in [1.165, 1.54) is 0 Å². The lowest BCUT2D eigenvalue weighted by atomic mass is 10.0. The first kappa shape index (κ1) is 24.8. The van der Waals surface area contributed by atoms with Crippen molar-refractivity contribution in [1.29, 1.82) is 0 Å². The van der Waals surface area contributed by atoms with Gasteiger partial charge in [0.25, 0.3) is 5.56 Å². The van der Waals surface area contributed by atoms with Crippen LogP contribution in [0.4, 0.5) is 5.69 Å². The van der Waals surface area contributed by atoms with Gasteiger partial charge in [0.15, 0.2) is 5.82 Å². The van der Waals surface area contributed by atoms with Crippen LogP contribution in [0.25, 0.3) is 10.9 Å². The highest BCUT2D eigenvalue weighted by atomic mass is 16.5. The molecule has 0 bridgehead atoms. The maximum absolute atomic E-state index is 13.5. The summed E-state index contributed by atoms with van der Waals surface area (Å²) in [6, 6.07) is 15.2. The molecule has 0 amide bonds. The van der Waals surface area contributed by atoms with Gasteiger partial charge in [0.1, 0.15) is 17.5 Å². The SMILES string of the molecule is COc1ccc2[nH]c(=O)c([C@@H](c3nnnn3C(C)(C)C)N3CCN(c4ccccc4OC)CC3)cc2c1. The molecule has 1 saturated heterocycles. The van der Waals surface area contributed by atoms with E-state index in [1.807, 2.05) is 47.1 Å². The monoisotopic (exact) mass is 503 g/mol. The molecule has 0 unspecified atom stereocenters. The van der Waals surface area contributed by atoms with Crippen LogP contribution in [-0.2, 0) is 5.54 Å². The highest BCUT2D eigenvalue weighted by Crippen LogP contribution is 2.33. The van der Waals surface area contributed by atoms with E-state index in [2.05, 4.69) is 57.1 Å². The van der Waals surface area contributed by atoms with Gasteiger partial charge >= 0.3 is 0 Å². The minimum Gasteiger partial charge on any atom is -0.497 e. The Morgan fingerprint density at radius 2 is 1.73 bits per heavy atom. The van der Waals surface area contributed by atoms with Crippen LogP contribution in [0.15, 0.2) is 53.3 Å². The maximum Gasteiger partial charge on any atom is 0.253 e. The van der Waals surface area contributed by atoms with Crippen LogP contribution in [0.2, 0.25) is 0 Å². The number of aromatic nitrogens is 5. The standard InChI is InChI=1S/C27H33N7O3/c1-27(2,3)34-25(29-30-31-34)24(20-17-18-16-19(36-4)10-11-21(18)28-26(20)35)33-14-12-32(13-15-33)22-8-6-7-9-23(22)37-5/h6-11,16-17,24H,12-15H2,1-5H3,(H,28,35)/t24-/m0/s1. The van der Waals surface area contributed by atoms with Gasteiger partial charge in [-0.15, -0.1) is 5.10 Å². The summed E-state index contributed by atoms with van der Waals surface area (Å²) in [7, 11) is 3.33. The molecule has 2 aromatic carbocycles. The number of aromatic amines is 1. The van der Waals surface area contributed by atoms with Crippen molar-refractivity contribution in [3.63, 3.8) is 0 Å². The van der Waals surface area contributed by atoms with E-state index < -0.39 is 6.04 Å². The second-order valence-electron chi connectivity index (χ2n) is 10.2. The van der Waals surface area contributed by atoms with Gasteiger partial charge in [-0.2, -0.15) is 0 Å². The molecule has 1 aliphatic rings. The molecule has 194 valence electrons. The normalized spacial score (nSPS) is 15.6. The Morgan fingerprint density at radius 3 is 2.43 bits per heavy atom. The van der Waals surface area contributed by atoms with Crippen LogP contribution in [0.1, 0.15) is 38.2 Å². The van der Waals surface area contributed by atoms with Gasteiger partial charge in [0, 0.05) is 42.6 Å².